The van der Waals surface area contributed by atoms with E-state index in [0.29, 0.717) is 17.3 Å². The lowest BCUT2D eigenvalue weighted by Gasteiger charge is -2.42. The molecule has 3 aromatic carbocycles. The molecular weight excluding hydrogens is 666 g/mol. The molecule has 3 aromatic rings. The van der Waals surface area contributed by atoms with Crippen LogP contribution in [-0.4, -0.2) is 85.9 Å². The maximum atomic E-state index is 13.9. The van der Waals surface area contributed by atoms with Gasteiger partial charge in [0.15, 0.2) is 17.9 Å². The Morgan fingerprint density at radius 3 is 2.38 bits per heavy atom. The normalized spacial score (nSPS) is 26.1. The molecule has 1 heterocycles. The molecule has 254 valence electrons. The van der Waals surface area contributed by atoms with E-state index in [0.717, 1.165) is 0 Å². The lowest BCUT2D eigenvalue weighted by molar-refractivity contribution is -0.247. The monoisotopic (exact) mass is 699 g/mol. The van der Waals surface area contributed by atoms with E-state index in [4.69, 9.17) is 19.9 Å². The van der Waals surface area contributed by atoms with Crippen LogP contribution in [0, 0.1) is 0 Å². The number of nitrogens with two attached hydrogens (primary N) is 1. The van der Waals surface area contributed by atoms with Crippen LogP contribution >= 0.6 is 24.2 Å². The van der Waals surface area contributed by atoms with E-state index in [2.05, 4.69) is 0 Å². The number of ketones is 3. The number of rotatable bonds is 7. The van der Waals surface area contributed by atoms with Crippen molar-refractivity contribution in [1.82, 2.24) is 0 Å². The van der Waals surface area contributed by atoms with E-state index >= 15 is 0 Å². The third kappa shape index (κ3) is 6.00. The number of methoxy groups -OCH3 is 1. The van der Waals surface area contributed by atoms with Crippen LogP contribution in [-0.2, 0) is 20.7 Å². The fourth-order valence-electron chi connectivity index (χ4n) is 6.53. The number of thioether (sulfide) groups is 1. The van der Waals surface area contributed by atoms with Gasteiger partial charge >= 0.3 is 0 Å². The van der Waals surface area contributed by atoms with Gasteiger partial charge in [-0.05, 0) is 13.0 Å². The zero-order chi connectivity index (χ0) is 33.8. The molecular formula is C34H34ClNO11S. The number of aliphatic hydroxyl groups is 2. The maximum absolute atomic E-state index is 13.9. The third-order valence-electron chi connectivity index (χ3n) is 9.01. The Labute approximate surface area is 285 Å². The van der Waals surface area contributed by atoms with Gasteiger partial charge in [-0.25, -0.2) is 0 Å². The standard InChI is InChI=1S/C34H33NO11S.ClH/c1-15-28(37)19(35)11-23(45-15)46-21-13-34(43,22(36)14-47-33(42)16-7-4-3-5-8-16)12-18-25(21)32(41)27-26(30(18)39)29(38)17-9-6-10-20(44-2)24(17)31(27)40;/h3-10,15,19,21,23,28,37,39,41,43H,11-14,35H2,1-2H3;1H/t15?,19?,21-,23?,28?,34-;/m0./s1. The van der Waals surface area contributed by atoms with Gasteiger partial charge in [0.2, 0.25) is 10.9 Å². The van der Waals surface area contributed by atoms with Crippen molar-refractivity contribution in [3.8, 4) is 17.2 Å². The molecule has 48 heavy (non-hydrogen) atoms. The van der Waals surface area contributed by atoms with Gasteiger partial charge in [0.25, 0.3) is 0 Å². The van der Waals surface area contributed by atoms with E-state index in [1.165, 1.54) is 25.3 Å². The number of halogens is 1. The van der Waals surface area contributed by atoms with E-state index in [-0.39, 0.29) is 46.8 Å². The highest BCUT2D eigenvalue weighted by Gasteiger charge is 2.50. The Balaban J connectivity index is 0.00000451. The van der Waals surface area contributed by atoms with Crippen molar-refractivity contribution in [2.24, 2.45) is 5.73 Å². The van der Waals surface area contributed by atoms with Crippen LogP contribution in [0.15, 0.2) is 48.5 Å². The molecule has 0 aromatic heterocycles. The first kappa shape index (κ1) is 35.5. The number of aliphatic hydroxyl groups excluding tert-OH is 1. The number of hydrogen-bond acceptors (Lipinski definition) is 13. The average Bonchev–Trinajstić information content (AvgIpc) is 3.06. The first-order valence-corrected chi connectivity index (χ1v) is 15.9. The second-order valence-corrected chi connectivity index (χ2v) is 12.9. The Morgan fingerprint density at radius 2 is 1.71 bits per heavy atom. The lowest BCUT2D eigenvalue weighted by atomic mass is 9.72. The Morgan fingerprint density at radius 1 is 1.02 bits per heavy atom. The van der Waals surface area contributed by atoms with Crippen molar-refractivity contribution in [1.29, 1.82) is 0 Å². The van der Waals surface area contributed by atoms with E-state index in [1.54, 1.807) is 37.3 Å². The van der Waals surface area contributed by atoms with Crippen molar-refractivity contribution in [2.75, 3.05) is 12.9 Å². The molecule has 6 N–H and O–H groups in total. The minimum atomic E-state index is -2.23. The fourth-order valence-corrected chi connectivity index (χ4v) is 7.36. The third-order valence-corrected chi connectivity index (χ3v) is 9.91. The summed E-state index contributed by atoms with van der Waals surface area (Å²) in [5, 5.41) is 45.1. The van der Waals surface area contributed by atoms with Crippen LogP contribution in [0.3, 0.4) is 0 Å². The summed E-state index contributed by atoms with van der Waals surface area (Å²) in [5.41, 5.74) is 2.85. The summed E-state index contributed by atoms with van der Waals surface area (Å²) in [6.45, 7) is 1.59. The number of fused-ring (bicyclic) bond motifs is 3. The van der Waals surface area contributed by atoms with Gasteiger partial charge < -0.3 is 40.4 Å². The molecule has 12 nitrogen and oxygen atoms in total. The molecule has 4 unspecified atom stereocenters. The molecule has 0 radical (unpaired) electrons. The second kappa shape index (κ2) is 13.6. The highest BCUT2D eigenvalue weighted by molar-refractivity contribution is 8.14. The van der Waals surface area contributed by atoms with Gasteiger partial charge in [0.05, 0.1) is 47.9 Å². The van der Waals surface area contributed by atoms with Crippen LogP contribution in [0.1, 0.15) is 79.2 Å². The number of carbonyl (C=O) groups excluding carboxylic acids is 4. The van der Waals surface area contributed by atoms with Crippen LogP contribution in [0.2, 0.25) is 0 Å². The zero-order valence-corrected chi connectivity index (χ0v) is 27.5. The Kier molecular flexibility index (Phi) is 10.0. The van der Waals surface area contributed by atoms with E-state index in [1.807, 2.05) is 0 Å². The van der Waals surface area contributed by atoms with Crippen LogP contribution < -0.4 is 10.5 Å². The van der Waals surface area contributed by atoms with E-state index < -0.39 is 99.9 Å². The molecule has 6 rings (SSSR count). The molecule has 1 aliphatic heterocycles. The molecule has 14 heteroatoms. The van der Waals surface area contributed by atoms with E-state index in [9.17, 15) is 39.6 Å². The summed E-state index contributed by atoms with van der Waals surface area (Å²) < 4.78 is 17.3. The summed E-state index contributed by atoms with van der Waals surface area (Å²) in [7, 11) is 1.33. The van der Waals surface area contributed by atoms with Gasteiger partial charge in [-0.1, -0.05) is 54.2 Å². The molecule has 6 atom stereocenters. The Bertz CT molecular complexity index is 1790. The molecule has 1 saturated heterocycles. The minimum Gasteiger partial charge on any atom is -0.507 e. The lowest BCUT2D eigenvalue weighted by Crippen LogP contribution is -2.53. The first-order valence-electron chi connectivity index (χ1n) is 15.0. The summed E-state index contributed by atoms with van der Waals surface area (Å²) in [5.74, 6) is -4.00. The number of Topliss-reactive ketones (excluding diaryl/α,β-unsaturated/α-hetero) is 1. The minimum absolute atomic E-state index is 0. The SMILES string of the molecule is COc1cccc2c1C(=O)c1c(O)c3c(c(O)c1C2=O)C[C@@](O)(C(=O)CSC(=O)c1ccccc1)C[C@@H]3OC1CC(N)C(O)C(C)O1.Cl. The largest absolute Gasteiger partial charge is 0.507 e. The summed E-state index contributed by atoms with van der Waals surface area (Å²) in [6, 6.07) is 11.9. The number of carbonyl (C=O) groups is 4. The molecule has 0 bridgehead atoms. The molecule has 0 amide bonds. The molecule has 3 aliphatic rings. The van der Waals surface area contributed by atoms with Gasteiger partial charge in [0, 0.05) is 47.6 Å². The quantitative estimate of drug-likeness (QED) is 0.176. The topological polar surface area (TPSA) is 203 Å². The number of ether oxygens (including phenoxy) is 3. The highest BCUT2D eigenvalue weighted by Crippen LogP contribution is 2.52. The van der Waals surface area contributed by atoms with Crippen molar-refractivity contribution in [3.05, 3.63) is 87.5 Å². The molecule has 0 saturated carbocycles. The summed E-state index contributed by atoms with van der Waals surface area (Å²) >= 11 is 0.695. The highest BCUT2D eigenvalue weighted by atomic mass is 35.5. The number of phenolic OH excluding ortho intramolecular Hbond substituents is 2. The second-order valence-electron chi connectivity index (χ2n) is 11.9. The number of phenols is 2. The number of aromatic hydroxyl groups is 2. The van der Waals surface area contributed by atoms with Crippen molar-refractivity contribution < 1.29 is 53.8 Å². The van der Waals surface area contributed by atoms with Crippen molar-refractivity contribution >= 4 is 46.6 Å². The predicted octanol–water partition coefficient (Wildman–Crippen LogP) is 3.00. The molecule has 1 fully saturated rings. The van der Waals surface area contributed by atoms with Crippen LogP contribution in [0.5, 0.6) is 17.2 Å². The van der Waals surface area contributed by atoms with Gasteiger partial charge in [-0.15, -0.1) is 12.4 Å². The van der Waals surface area contributed by atoms with Gasteiger partial charge in [0.1, 0.15) is 22.8 Å². The van der Waals surface area contributed by atoms with Gasteiger partial charge in [-0.2, -0.15) is 0 Å². The average molecular weight is 700 g/mol. The molecule has 0 spiro atoms. The summed E-state index contributed by atoms with van der Waals surface area (Å²) in [4.78, 5) is 54.0. The van der Waals surface area contributed by atoms with Crippen molar-refractivity contribution in [3.63, 3.8) is 0 Å². The smallest absolute Gasteiger partial charge is 0.219 e. The maximum Gasteiger partial charge on any atom is 0.219 e. The Hall–Kier alpha value is -3.82. The van der Waals surface area contributed by atoms with Crippen LogP contribution in [0.4, 0.5) is 0 Å². The number of hydrogen-bond donors (Lipinski definition) is 5. The van der Waals surface area contributed by atoms with Gasteiger partial charge in [-0.3, -0.25) is 19.2 Å². The fraction of sp³-hybridized carbons (Fsp3) is 0.353. The predicted molar refractivity (Wildman–Crippen MR) is 175 cm³/mol. The van der Waals surface area contributed by atoms with Crippen molar-refractivity contribution in [2.45, 2.75) is 62.4 Å². The number of benzene rings is 3. The molecule has 2 aliphatic carbocycles. The van der Waals surface area contributed by atoms with Crippen LogP contribution in [0.25, 0.3) is 0 Å². The first-order chi connectivity index (χ1) is 22.4. The zero-order valence-electron chi connectivity index (χ0n) is 25.9. The summed E-state index contributed by atoms with van der Waals surface area (Å²) in [6.07, 6.45) is -5.19.